The van der Waals surface area contributed by atoms with Crippen molar-refractivity contribution in [3.05, 3.63) is 67.8 Å². The maximum Gasteiger partial charge on any atom is 0.0779 e. The molecule has 0 spiro atoms. The van der Waals surface area contributed by atoms with Crippen molar-refractivity contribution in [2.24, 2.45) is 0 Å². The molecule has 6 heteroatoms. The molecule has 1 aromatic carbocycles. The minimum atomic E-state index is 0. The van der Waals surface area contributed by atoms with Crippen molar-refractivity contribution >= 4 is 68.2 Å². The highest BCUT2D eigenvalue weighted by Gasteiger charge is 2.17. The second-order valence-corrected chi connectivity index (χ2v) is 9.95. The average Bonchev–Trinajstić information content (AvgIpc) is 3.29. The van der Waals surface area contributed by atoms with Gasteiger partial charge in [-0.05, 0) is 61.9 Å². The Morgan fingerprint density at radius 3 is 2.83 bits per heavy atom. The summed E-state index contributed by atoms with van der Waals surface area (Å²) in [6, 6.07) is 6.20. The van der Waals surface area contributed by atoms with E-state index in [0.717, 1.165) is 18.2 Å². The van der Waals surface area contributed by atoms with Crippen molar-refractivity contribution in [3.63, 3.8) is 0 Å². The van der Waals surface area contributed by atoms with Gasteiger partial charge < -0.3 is 9.64 Å². The maximum absolute atomic E-state index is 6.31. The van der Waals surface area contributed by atoms with Crippen molar-refractivity contribution in [2.45, 2.75) is 12.8 Å². The van der Waals surface area contributed by atoms with Crippen LogP contribution in [0.5, 0.6) is 0 Å². The third kappa shape index (κ3) is 4.53. The van der Waals surface area contributed by atoms with Gasteiger partial charge in [-0.1, -0.05) is 41.6 Å². The number of benzene rings is 1. The number of likely N-dealkylation sites (tertiary alicyclic amines) is 1. The Bertz CT molecular complexity index is 1120. The first-order valence-corrected chi connectivity index (χ1v) is 11.8. The predicted molar refractivity (Wildman–Crippen MR) is 131 cm³/mol. The summed E-state index contributed by atoms with van der Waals surface area (Å²) in [6.07, 6.45) is 13.7. The zero-order chi connectivity index (χ0) is 18.9. The standard InChI is InChI=1S/C23H22ClNOS2.ClH/c24-17-7-9-20-19(14-17)22-21(28-20)5-3-4-16-6-8-18(27-23(16)22)15-26-13-12-25-10-1-2-11-25;/h3-9,14H,1-2,10-13,15H2;1H. The van der Waals surface area contributed by atoms with E-state index in [0.29, 0.717) is 6.61 Å². The number of allylic oxidation sites excluding steroid dienone is 4. The topological polar surface area (TPSA) is 12.5 Å². The van der Waals surface area contributed by atoms with Crippen molar-refractivity contribution in [1.29, 1.82) is 0 Å². The van der Waals surface area contributed by atoms with E-state index in [1.165, 1.54) is 61.2 Å². The van der Waals surface area contributed by atoms with Crippen LogP contribution in [0.4, 0.5) is 0 Å². The molecular formula is C23H23Cl2NOS2. The van der Waals surface area contributed by atoms with E-state index in [-0.39, 0.29) is 12.4 Å². The van der Waals surface area contributed by atoms with Gasteiger partial charge in [0.15, 0.2) is 0 Å². The van der Waals surface area contributed by atoms with Crippen molar-refractivity contribution in [2.75, 3.05) is 32.8 Å². The first kappa shape index (κ1) is 21.2. The molecule has 3 heterocycles. The smallest absolute Gasteiger partial charge is 0.0779 e. The summed E-state index contributed by atoms with van der Waals surface area (Å²) in [5.41, 5.74) is 1.26. The Balaban J connectivity index is 0.00000205. The summed E-state index contributed by atoms with van der Waals surface area (Å²) in [7, 11) is 0. The van der Waals surface area contributed by atoms with Crippen molar-refractivity contribution in [1.82, 2.24) is 4.90 Å². The minimum absolute atomic E-state index is 0. The molecule has 2 aromatic rings. The van der Waals surface area contributed by atoms with Gasteiger partial charge in [0.1, 0.15) is 0 Å². The van der Waals surface area contributed by atoms with E-state index >= 15 is 0 Å². The van der Waals surface area contributed by atoms with Crippen LogP contribution in [0.3, 0.4) is 0 Å². The summed E-state index contributed by atoms with van der Waals surface area (Å²) in [5, 5.41) is 3.35. The lowest BCUT2D eigenvalue weighted by atomic mass is 10.1. The Morgan fingerprint density at radius 1 is 1.10 bits per heavy atom. The fraction of sp³-hybridized carbons (Fsp3) is 0.304. The average molecular weight is 464 g/mol. The number of hydrogen-bond donors (Lipinski definition) is 0. The van der Waals surface area contributed by atoms with Gasteiger partial charge in [0, 0.05) is 41.2 Å². The first-order chi connectivity index (χ1) is 13.8. The molecule has 0 saturated carbocycles. The highest BCUT2D eigenvalue weighted by atomic mass is 35.5. The lowest BCUT2D eigenvalue weighted by molar-refractivity contribution is 0.132. The Kier molecular flexibility index (Phi) is 6.90. The quantitative estimate of drug-likeness (QED) is 0.571. The number of halogens is 2. The molecule has 1 aliphatic carbocycles. The second kappa shape index (κ2) is 9.42. The minimum Gasteiger partial charge on any atom is -0.375 e. The summed E-state index contributed by atoms with van der Waals surface area (Å²) >= 11 is 9.99. The molecule has 0 unspecified atom stereocenters. The summed E-state index contributed by atoms with van der Waals surface area (Å²) in [6.45, 7) is 4.98. The highest BCUT2D eigenvalue weighted by Crippen LogP contribution is 2.37. The number of nitrogens with zero attached hydrogens (tertiary/aromatic N) is 1. The Morgan fingerprint density at radius 2 is 1.97 bits per heavy atom. The molecule has 29 heavy (non-hydrogen) atoms. The van der Waals surface area contributed by atoms with Crippen LogP contribution in [0.1, 0.15) is 12.8 Å². The van der Waals surface area contributed by atoms with Gasteiger partial charge in [-0.2, -0.15) is 0 Å². The van der Waals surface area contributed by atoms with Crippen LogP contribution in [0.15, 0.2) is 53.0 Å². The first-order valence-electron chi connectivity index (χ1n) is 9.78. The molecular weight excluding hydrogens is 441 g/mol. The molecule has 2 nitrogen and oxygen atoms in total. The van der Waals surface area contributed by atoms with Gasteiger partial charge in [-0.15, -0.1) is 23.7 Å². The molecule has 152 valence electrons. The van der Waals surface area contributed by atoms with Gasteiger partial charge in [0.25, 0.3) is 0 Å². The lowest BCUT2D eigenvalue weighted by Gasteiger charge is -2.17. The van der Waals surface area contributed by atoms with Gasteiger partial charge in [-0.3, -0.25) is 0 Å². The van der Waals surface area contributed by atoms with Gasteiger partial charge in [-0.25, -0.2) is 0 Å². The van der Waals surface area contributed by atoms with E-state index in [9.17, 15) is 0 Å². The molecule has 1 fully saturated rings. The van der Waals surface area contributed by atoms with Gasteiger partial charge >= 0.3 is 0 Å². The zero-order valence-electron chi connectivity index (χ0n) is 16.0. The Hall–Kier alpha value is -1.01. The molecule has 0 N–H and O–H groups in total. The van der Waals surface area contributed by atoms with Crippen LogP contribution in [-0.2, 0) is 4.74 Å². The predicted octanol–water partition coefficient (Wildman–Crippen LogP) is 5.10. The zero-order valence-corrected chi connectivity index (χ0v) is 19.2. The van der Waals surface area contributed by atoms with Crippen LogP contribution < -0.4 is 9.75 Å². The number of hydrogen-bond acceptors (Lipinski definition) is 4. The van der Waals surface area contributed by atoms with Crippen LogP contribution in [0, 0.1) is 0 Å². The molecule has 3 aliphatic rings. The van der Waals surface area contributed by atoms with Crippen LogP contribution in [0.2, 0.25) is 5.02 Å². The maximum atomic E-state index is 6.31. The number of thioether (sulfide) groups is 1. The molecule has 0 atom stereocenters. The normalized spacial score (nSPS) is 18.4. The van der Waals surface area contributed by atoms with E-state index in [1.807, 2.05) is 29.2 Å². The summed E-state index contributed by atoms with van der Waals surface area (Å²) in [4.78, 5) is 5.08. The molecule has 0 bridgehead atoms. The SMILES string of the molecule is Cl.Clc1ccc2sc3c(c2c1)=C1SC(COCCN2CCCC2)=CC=C1C=CC=3. The fourth-order valence-corrected chi connectivity index (χ4v) is 6.40. The molecule has 1 aromatic heterocycles. The van der Waals surface area contributed by atoms with Crippen LogP contribution >= 0.6 is 47.1 Å². The molecule has 0 amide bonds. The number of ether oxygens (including phenoxy) is 1. The van der Waals surface area contributed by atoms with Crippen molar-refractivity contribution < 1.29 is 4.74 Å². The molecule has 1 saturated heterocycles. The molecule has 0 radical (unpaired) electrons. The molecule has 5 rings (SSSR count). The fourth-order valence-electron chi connectivity index (χ4n) is 3.94. The second-order valence-electron chi connectivity index (χ2n) is 7.30. The molecule has 2 aliphatic heterocycles. The number of thiophene rings is 1. The highest BCUT2D eigenvalue weighted by molar-refractivity contribution is 8.11. The number of fused-ring (bicyclic) bond motifs is 4. The van der Waals surface area contributed by atoms with E-state index in [1.54, 1.807) is 0 Å². The van der Waals surface area contributed by atoms with Crippen LogP contribution in [0.25, 0.3) is 21.1 Å². The van der Waals surface area contributed by atoms with Gasteiger partial charge in [0.2, 0.25) is 0 Å². The van der Waals surface area contributed by atoms with Crippen LogP contribution in [-0.4, -0.2) is 37.7 Å². The lowest BCUT2D eigenvalue weighted by Crippen LogP contribution is -2.24. The largest absolute Gasteiger partial charge is 0.375 e. The summed E-state index contributed by atoms with van der Waals surface area (Å²) in [5.74, 6) is 0. The Labute approximate surface area is 190 Å². The van der Waals surface area contributed by atoms with E-state index in [4.69, 9.17) is 16.3 Å². The number of rotatable bonds is 5. The van der Waals surface area contributed by atoms with Gasteiger partial charge in [0.05, 0.1) is 13.2 Å². The third-order valence-corrected chi connectivity index (χ3v) is 7.90. The summed E-state index contributed by atoms with van der Waals surface area (Å²) < 4.78 is 8.59. The van der Waals surface area contributed by atoms with Crippen molar-refractivity contribution in [3.8, 4) is 0 Å². The monoisotopic (exact) mass is 463 g/mol. The third-order valence-electron chi connectivity index (χ3n) is 5.37. The van der Waals surface area contributed by atoms with E-state index < -0.39 is 0 Å². The van der Waals surface area contributed by atoms with E-state index in [2.05, 4.69) is 47.4 Å².